The number of benzene rings is 2. The summed E-state index contributed by atoms with van der Waals surface area (Å²) < 4.78 is 0. The van der Waals surface area contributed by atoms with Crippen molar-refractivity contribution < 1.29 is 9.59 Å². The van der Waals surface area contributed by atoms with E-state index in [1.54, 1.807) is 30.3 Å². The number of anilines is 2. The van der Waals surface area contributed by atoms with Gasteiger partial charge in [-0.25, -0.2) is 0 Å². The average molecular weight is 386 g/mol. The van der Waals surface area contributed by atoms with Crippen molar-refractivity contribution in [3.05, 3.63) is 58.6 Å². The van der Waals surface area contributed by atoms with Crippen molar-refractivity contribution in [3.8, 4) is 0 Å². The van der Waals surface area contributed by atoms with E-state index < -0.39 is 0 Å². The first-order chi connectivity index (χ1) is 12.9. The lowest BCUT2D eigenvalue weighted by atomic mass is 10.1. The lowest BCUT2D eigenvalue weighted by Gasteiger charge is -2.22. The molecule has 2 aromatic rings. The predicted molar refractivity (Wildman–Crippen MR) is 110 cm³/mol. The van der Waals surface area contributed by atoms with Crippen LogP contribution in [0.2, 0.25) is 5.02 Å². The smallest absolute Gasteiger partial charge is 0.255 e. The van der Waals surface area contributed by atoms with Gasteiger partial charge in [-0.15, -0.1) is 0 Å². The van der Waals surface area contributed by atoms with Crippen LogP contribution in [-0.4, -0.2) is 30.9 Å². The van der Waals surface area contributed by atoms with E-state index in [1.165, 1.54) is 0 Å². The number of nitrogens with zero attached hydrogens (tertiary/aromatic N) is 1. The van der Waals surface area contributed by atoms with Crippen LogP contribution in [0, 0.1) is 0 Å². The third kappa shape index (κ3) is 4.80. The molecule has 2 amide bonds. The van der Waals surface area contributed by atoms with Gasteiger partial charge in [0.2, 0.25) is 0 Å². The highest BCUT2D eigenvalue weighted by molar-refractivity contribution is 6.30. The van der Waals surface area contributed by atoms with Crippen LogP contribution in [-0.2, 0) is 0 Å². The second-order valence-electron chi connectivity index (χ2n) is 7.02. The van der Waals surface area contributed by atoms with Crippen LogP contribution in [0.5, 0.6) is 0 Å². The molecular weight excluding hydrogens is 362 g/mol. The number of nitrogens with one attached hydrogen (secondary N) is 2. The first-order valence-electron chi connectivity index (χ1n) is 9.21. The molecular formula is C21H24ClN3O2. The number of halogens is 1. The lowest BCUT2D eigenvalue weighted by Crippen LogP contribution is -2.32. The Kier molecular flexibility index (Phi) is 6.01. The number of hydrogen-bond donors (Lipinski definition) is 2. The molecule has 2 aromatic carbocycles. The number of hydrogen-bond acceptors (Lipinski definition) is 3. The van der Waals surface area contributed by atoms with Crippen molar-refractivity contribution in [1.82, 2.24) is 5.32 Å². The molecule has 1 saturated heterocycles. The predicted octanol–water partition coefficient (Wildman–Crippen LogP) is 4.33. The van der Waals surface area contributed by atoms with E-state index in [4.69, 9.17) is 11.6 Å². The molecule has 3 rings (SSSR count). The quantitative estimate of drug-likeness (QED) is 0.805. The summed E-state index contributed by atoms with van der Waals surface area (Å²) >= 11 is 5.87. The van der Waals surface area contributed by atoms with Gasteiger partial charge in [0.15, 0.2) is 0 Å². The van der Waals surface area contributed by atoms with Crippen LogP contribution in [0.15, 0.2) is 42.5 Å². The minimum absolute atomic E-state index is 0.0382. The van der Waals surface area contributed by atoms with Gasteiger partial charge in [0.1, 0.15) is 0 Å². The number of carbonyl (C=O) groups excluding carboxylic acids is 2. The summed E-state index contributed by atoms with van der Waals surface area (Å²) in [6.07, 6.45) is 2.25. The van der Waals surface area contributed by atoms with Crippen molar-refractivity contribution in [2.24, 2.45) is 0 Å². The van der Waals surface area contributed by atoms with Gasteiger partial charge in [-0.05, 0) is 69.2 Å². The molecule has 0 saturated carbocycles. The van der Waals surface area contributed by atoms with E-state index in [9.17, 15) is 9.59 Å². The van der Waals surface area contributed by atoms with E-state index >= 15 is 0 Å². The zero-order chi connectivity index (χ0) is 19.4. The molecule has 2 N–H and O–H groups in total. The molecule has 1 aliphatic rings. The number of amides is 2. The molecule has 1 heterocycles. The zero-order valence-corrected chi connectivity index (χ0v) is 16.3. The normalized spacial score (nSPS) is 13.7. The third-order valence-corrected chi connectivity index (χ3v) is 4.72. The summed E-state index contributed by atoms with van der Waals surface area (Å²) in [5.41, 5.74) is 2.60. The molecule has 0 atom stereocenters. The van der Waals surface area contributed by atoms with Gasteiger partial charge in [-0.2, -0.15) is 0 Å². The minimum atomic E-state index is -0.240. The second kappa shape index (κ2) is 8.44. The van der Waals surface area contributed by atoms with E-state index in [0.717, 1.165) is 31.6 Å². The van der Waals surface area contributed by atoms with Crippen molar-refractivity contribution in [3.63, 3.8) is 0 Å². The largest absolute Gasteiger partial charge is 0.371 e. The van der Waals surface area contributed by atoms with Crippen LogP contribution < -0.4 is 15.5 Å². The summed E-state index contributed by atoms with van der Waals surface area (Å²) in [4.78, 5) is 27.4. The summed E-state index contributed by atoms with van der Waals surface area (Å²) in [5, 5.41) is 6.39. The Hall–Kier alpha value is -2.53. The van der Waals surface area contributed by atoms with E-state index in [1.807, 2.05) is 26.0 Å². The number of rotatable bonds is 5. The van der Waals surface area contributed by atoms with Crippen LogP contribution >= 0.6 is 11.6 Å². The summed E-state index contributed by atoms with van der Waals surface area (Å²) in [5.74, 6) is -0.370. The van der Waals surface area contributed by atoms with Gasteiger partial charge in [0.25, 0.3) is 11.8 Å². The standard InChI is InChI=1S/C21H24ClN3O2/c1-14(2)23-21(27)18-13-17(9-10-19(18)25-11-3-4-12-25)24-20(26)15-5-7-16(22)8-6-15/h5-10,13-14H,3-4,11-12H2,1-2H3,(H,23,27)(H,24,26). The molecule has 0 spiro atoms. The third-order valence-electron chi connectivity index (χ3n) is 4.47. The molecule has 1 aliphatic heterocycles. The van der Waals surface area contributed by atoms with Gasteiger partial charge < -0.3 is 15.5 Å². The Morgan fingerprint density at radius 3 is 2.30 bits per heavy atom. The summed E-state index contributed by atoms with van der Waals surface area (Å²) in [7, 11) is 0. The minimum Gasteiger partial charge on any atom is -0.371 e. The Labute approximate surface area is 164 Å². The molecule has 0 radical (unpaired) electrons. The highest BCUT2D eigenvalue weighted by atomic mass is 35.5. The first kappa shape index (κ1) is 19.2. The van der Waals surface area contributed by atoms with Gasteiger partial charge in [-0.3, -0.25) is 9.59 Å². The Morgan fingerprint density at radius 2 is 1.67 bits per heavy atom. The number of carbonyl (C=O) groups is 2. The molecule has 142 valence electrons. The molecule has 6 heteroatoms. The van der Waals surface area contributed by atoms with Crippen molar-refractivity contribution >= 4 is 34.8 Å². The van der Waals surface area contributed by atoms with Gasteiger partial charge in [-0.1, -0.05) is 11.6 Å². The van der Waals surface area contributed by atoms with Crippen molar-refractivity contribution in [1.29, 1.82) is 0 Å². The Morgan fingerprint density at radius 1 is 1.00 bits per heavy atom. The SMILES string of the molecule is CC(C)NC(=O)c1cc(NC(=O)c2ccc(Cl)cc2)ccc1N1CCCC1. The van der Waals surface area contributed by atoms with Crippen LogP contribution in [0.25, 0.3) is 0 Å². The van der Waals surface area contributed by atoms with Crippen molar-refractivity contribution in [2.45, 2.75) is 32.7 Å². The molecule has 0 unspecified atom stereocenters. The topological polar surface area (TPSA) is 61.4 Å². The molecule has 0 aromatic heterocycles. The fourth-order valence-corrected chi connectivity index (χ4v) is 3.30. The van der Waals surface area contributed by atoms with Gasteiger partial charge in [0.05, 0.1) is 5.56 Å². The lowest BCUT2D eigenvalue weighted by molar-refractivity contribution is 0.0942. The molecule has 27 heavy (non-hydrogen) atoms. The maximum Gasteiger partial charge on any atom is 0.255 e. The highest BCUT2D eigenvalue weighted by Gasteiger charge is 2.21. The van der Waals surface area contributed by atoms with Gasteiger partial charge >= 0.3 is 0 Å². The zero-order valence-electron chi connectivity index (χ0n) is 15.6. The molecule has 5 nitrogen and oxygen atoms in total. The van der Waals surface area contributed by atoms with E-state index in [0.29, 0.717) is 21.8 Å². The van der Waals surface area contributed by atoms with Crippen molar-refractivity contribution in [2.75, 3.05) is 23.3 Å². The maximum absolute atomic E-state index is 12.7. The second-order valence-corrected chi connectivity index (χ2v) is 7.45. The highest BCUT2D eigenvalue weighted by Crippen LogP contribution is 2.28. The Bertz CT molecular complexity index is 828. The Balaban J connectivity index is 1.86. The molecule has 0 bridgehead atoms. The summed E-state index contributed by atoms with van der Waals surface area (Å²) in [6.45, 7) is 5.75. The fraction of sp³-hybridized carbons (Fsp3) is 0.333. The average Bonchev–Trinajstić information content (AvgIpc) is 3.16. The molecule has 0 aliphatic carbocycles. The molecule has 1 fully saturated rings. The van der Waals surface area contributed by atoms with Crippen LogP contribution in [0.3, 0.4) is 0 Å². The fourth-order valence-electron chi connectivity index (χ4n) is 3.17. The summed E-state index contributed by atoms with van der Waals surface area (Å²) in [6, 6.07) is 12.2. The van der Waals surface area contributed by atoms with Crippen LogP contribution in [0.4, 0.5) is 11.4 Å². The van der Waals surface area contributed by atoms with Gasteiger partial charge in [0, 0.05) is 41.1 Å². The van der Waals surface area contributed by atoms with E-state index in [2.05, 4.69) is 15.5 Å². The maximum atomic E-state index is 12.7. The first-order valence-corrected chi connectivity index (χ1v) is 9.58. The van der Waals surface area contributed by atoms with Crippen LogP contribution in [0.1, 0.15) is 47.4 Å². The van der Waals surface area contributed by atoms with E-state index in [-0.39, 0.29) is 17.9 Å². The monoisotopic (exact) mass is 385 g/mol.